The second-order valence-corrected chi connectivity index (χ2v) is 4.08. The minimum atomic E-state index is -0.338. The first-order valence-corrected chi connectivity index (χ1v) is 5.73. The molecule has 3 rings (SSSR count). The van der Waals surface area contributed by atoms with E-state index < -0.39 is 0 Å². The Morgan fingerprint density at radius 2 is 1.95 bits per heavy atom. The van der Waals surface area contributed by atoms with Gasteiger partial charge in [0.05, 0.1) is 11.9 Å². The monoisotopic (exact) mass is 255 g/mol. The molecule has 2 N–H and O–H groups in total. The molecule has 0 aliphatic rings. The Hall–Kier alpha value is -2.69. The number of anilines is 1. The molecule has 0 fully saturated rings. The molecule has 0 bridgehead atoms. The number of amides is 1. The third-order valence-electron chi connectivity index (χ3n) is 2.87. The molecular weight excluding hydrogens is 245 g/mol. The summed E-state index contributed by atoms with van der Waals surface area (Å²) >= 11 is 0. The molecule has 0 radical (unpaired) electrons. The van der Waals surface area contributed by atoms with E-state index in [9.17, 15) is 9.18 Å². The van der Waals surface area contributed by atoms with Crippen LogP contribution < -0.4 is 5.32 Å². The lowest BCUT2D eigenvalue weighted by atomic mass is 10.0. The molecule has 0 aliphatic carbocycles. The third-order valence-corrected chi connectivity index (χ3v) is 2.87. The van der Waals surface area contributed by atoms with Crippen molar-refractivity contribution in [2.75, 3.05) is 5.32 Å². The molecule has 1 heterocycles. The predicted octanol–water partition coefficient (Wildman–Crippen LogP) is 2.95. The van der Waals surface area contributed by atoms with Crippen LogP contribution in [0.1, 0.15) is 10.4 Å². The van der Waals surface area contributed by atoms with Crippen molar-refractivity contribution in [3.63, 3.8) is 0 Å². The van der Waals surface area contributed by atoms with Crippen molar-refractivity contribution in [1.82, 2.24) is 10.2 Å². The molecule has 0 spiro atoms. The van der Waals surface area contributed by atoms with Crippen LogP contribution in [0.25, 0.3) is 10.8 Å². The SMILES string of the molecule is O=C(Nc1cn[nH]c1)c1ccc(F)c2ccccc12. The minimum Gasteiger partial charge on any atom is -0.319 e. The number of H-pyrrole nitrogens is 1. The van der Waals surface area contributed by atoms with Crippen LogP contribution >= 0.6 is 0 Å². The Bertz CT molecular complexity index is 738. The van der Waals surface area contributed by atoms with Gasteiger partial charge in [0, 0.05) is 17.1 Å². The molecule has 0 aliphatic heterocycles. The number of benzene rings is 2. The van der Waals surface area contributed by atoms with E-state index in [1.54, 1.807) is 30.5 Å². The molecular formula is C14H10FN3O. The molecule has 4 nitrogen and oxygen atoms in total. The number of halogens is 1. The highest BCUT2D eigenvalue weighted by molar-refractivity contribution is 6.12. The number of nitrogens with zero attached hydrogens (tertiary/aromatic N) is 1. The fraction of sp³-hybridized carbons (Fsp3) is 0. The lowest BCUT2D eigenvalue weighted by Crippen LogP contribution is -2.12. The van der Waals surface area contributed by atoms with Gasteiger partial charge in [0.2, 0.25) is 0 Å². The first kappa shape index (κ1) is 11.4. The van der Waals surface area contributed by atoms with E-state index in [4.69, 9.17) is 0 Å². The van der Waals surface area contributed by atoms with Crippen LogP contribution in [0.3, 0.4) is 0 Å². The van der Waals surface area contributed by atoms with Gasteiger partial charge in [-0.25, -0.2) is 4.39 Å². The third kappa shape index (κ3) is 2.06. The average molecular weight is 255 g/mol. The van der Waals surface area contributed by atoms with Crippen molar-refractivity contribution in [3.8, 4) is 0 Å². The number of nitrogens with one attached hydrogen (secondary N) is 2. The Labute approximate surface area is 108 Å². The molecule has 3 aromatic rings. The normalized spacial score (nSPS) is 10.6. The van der Waals surface area contributed by atoms with Gasteiger partial charge in [0.15, 0.2) is 0 Å². The summed E-state index contributed by atoms with van der Waals surface area (Å²) in [5.74, 6) is -0.631. The fourth-order valence-electron chi connectivity index (χ4n) is 1.98. The van der Waals surface area contributed by atoms with E-state index in [0.29, 0.717) is 22.0 Å². The van der Waals surface area contributed by atoms with Gasteiger partial charge in [-0.15, -0.1) is 0 Å². The second-order valence-electron chi connectivity index (χ2n) is 4.08. The van der Waals surface area contributed by atoms with E-state index in [-0.39, 0.29) is 11.7 Å². The maximum Gasteiger partial charge on any atom is 0.256 e. The molecule has 0 unspecified atom stereocenters. The number of rotatable bonds is 2. The first-order chi connectivity index (χ1) is 9.25. The number of fused-ring (bicyclic) bond motifs is 1. The highest BCUT2D eigenvalue weighted by Gasteiger charge is 2.12. The van der Waals surface area contributed by atoms with Crippen LogP contribution in [0.15, 0.2) is 48.8 Å². The Kier molecular flexibility index (Phi) is 2.72. The summed E-state index contributed by atoms with van der Waals surface area (Å²) in [6.45, 7) is 0. The van der Waals surface area contributed by atoms with Gasteiger partial charge in [-0.2, -0.15) is 5.10 Å². The molecule has 5 heteroatoms. The van der Waals surface area contributed by atoms with Gasteiger partial charge >= 0.3 is 0 Å². The summed E-state index contributed by atoms with van der Waals surface area (Å²) in [5.41, 5.74) is 0.997. The molecule has 1 amide bonds. The lowest BCUT2D eigenvalue weighted by molar-refractivity contribution is 0.102. The predicted molar refractivity (Wildman–Crippen MR) is 70.4 cm³/mol. The maximum absolute atomic E-state index is 13.7. The number of aromatic amines is 1. The molecule has 19 heavy (non-hydrogen) atoms. The largest absolute Gasteiger partial charge is 0.319 e. The number of hydrogen-bond acceptors (Lipinski definition) is 2. The summed E-state index contributed by atoms with van der Waals surface area (Å²) < 4.78 is 13.7. The quantitative estimate of drug-likeness (QED) is 0.739. The Balaban J connectivity index is 2.05. The zero-order valence-corrected chi connectivity index (χ0v) is 9.85. The van der Waals surface area contributed by atoms with Crippen LogP contribution in [0, 0.1) is 5.82 Å². The summed E-state index contributed by atoms with van der Waals surface area (Å²) in [7, 11) is 0. The Morgan fingerprint density at radius 1 is 1.16 bits per heavy atom. The van der Waals surface area contributed by atoms with Crippen LogP contribution in [0.4, 0.5) is 10.1 Å². The molecule has 0 saturated carbocycles. The number of carbonyl (C=O) groups is 1. The van der Waals surface area contributed by atoms with E-state index in [2.05, 4.69) is 15.5 Å². The van der Waals surface area contributed by atoms with Gasteiger partial charge < -0.3 is 5.32 Å². The summed E-state index contributed by atoms with van der Waals surface area (Å²) in [6, 6.07) is 9.67. The van der Waals surface area contributed by atoms with E-state index in [1.807, 2.05) is 0 Å². The van der Waals surface area contributed by atoms with E-state index in [1.165, 1.54) is 18.3 Å². The summed E-state index contributed by atoms with van der Waals surface area (Å²) in [4.78, 5) is 12.2. The van der Waals surface area contributed by atoms with Gasteiger partial charge in [-0.3, -0.25) is 9.89 Å². The highest BCUT2D eigenvalue weighted by atomic mass is 19.1. The number of hydrogen-bond donors (Lipinski definition) is 2. The molecule has 0 atom stereocenters. The zero-order chi connectivity index (χ0) is 13.2. The van der Waals surface area contributed by atoms with Crippen molar-refractivity contribution >= 4 is 22.4 Å². The van der Waals surface area contributed by atoms with Crippen LogP contribution in [-0.2, 0) is 0 Å². The van der Waals surface area contributed by atoms with E-state index >= 15 is 0 Å². The smallest absolute Gasteiger partial charge is 0.256 e. The van der Waals surface area contributed by atoms with Crippen LogP contribution in [0.2, 0.25) is 0 Å². The molecule has 0 saturated heterocycles. The maximum atomic E-state index is 13.7. The van der Waals surface area contributed by atoms with Crippen molar-refractivity contribution in [1.29, 1.82) is 0 Å². The average Bonchev–Trinajstić information content (AvgIpc) is 2.92. The van der Waals surface area contributed by atoms with Gasteiger partial charge in [0.25, 0.3) is 5.91 Å². The highest BCUT2D eigenvalue weighted by Crippen LogP contribution is 2.22. The fourth-order valence-corrected chi connectivity index (χ4v) is 1.98. The Morgan fingerprint density at radius 3 is 2.68 bits per heavy atom. The van der Waals surface area contributed by atoms with E-state index in [0.717, 1.165) is 0 Å². The molecule has 2 aromatic carbocycles. The zero-order valence-electron chi connectivity index (χ0n) is 9.85. The van der Waals surface area contributed by atoms with Crippen molar-refractivity contribution in [2.24, 2.45) is 0 Å². The van der Waals surface area contributed by atoms with Crippen LogP contribution in [0.5, 0.6) is 0 Å². The lowest BCUT2D eigenvalue weighted by Gasteiger charge is -2.07. The topological polar surface area (TPSA) is 57.8 Å². The van der Waals surface area contributed by atoms with Crippen molar-refractivity contribution in [3.05, 3.63) is 60.2 Å². The van der Waals surface area contributed by atoms with Crippen molar-refractivity contribution in [2.45, 2.75) is 0 Å². The minimum absolute atomic E-state index is 0.294. The first-order valence-electron chi connectivity index (χ1n) is 5.73. The van der Waals surface area contributed by atoms with Gasteiger partial charge in [-0.05, 0) is 17.5 Å². The second kappa shape index (κ2) is 4.53. The number of carbonyl (C=O) groups excluding carboxylic acids is 1. The van der Waals surface area contributed by atoms with Gasteiger partial charge in [0.1, 0.15) is 5.82 Å². The standard InChI is InChI=1S/C14H10FN3O/c15-13-6-5-12(10-3-1-2-4-11(10)13)14(19)18-9-7-16-17-8-9/h1-8H,(H,16,17)(H,18,19). The summed E-state index contributed by atoms with van der Waals surface area (Å²) in [5, 5.41) is 10.1. The van der Waals surface area contributed by atoms with Crippen LogP contribution in [-0.4, -0.2) is 16.1 Å². The number of aromatic nitrogens is 2. The van der Waals surface area contributed by atoms with Gasteiger partial charge in [-0.1, -0.05) is 24.3 Å². The van der Waals surface area contributed by atoms with Crippen molar-refractivity contribution < 1.29 is 9.18 Å². The molecule has 94 valence electrons. The summed E-state index contributed by atoms with van der Waals surface area (Å²) in [6.07, 6.45) is 3.08. The molecule has 1 aromatic heterocycles.